The Morgan fingerprint density at radius 1 is 0.882 bits per heavy atom. The lowest BCUT2D eigenvalue weighted by molar-refractivity contribution is -0.123. The number of ether oxygens (including phenoxy) is 2. The Hall–Kier alpha value is -3.64. The summed E-state index contributed by atoms with van der Waals surface area (Å²) in [4.78, 5) is 27.5. The van der Waals surface area contributed by atoms with Gasteiger partial charge >= 0.3 is 0 Å². The second kappa shape index (κ2) is 11.5. The average Bonchev–Trinajstić information content (AvgIpc) is 3.43. The lowest BCUT2D eigenvalue weighted by Gasteiger charge is -2.29. The highest BCUT2D eigenvalue weighted by atomic mass is 16.5. The molecule has 3 aromatic rings. The van der Waals surface area contributed by atoms with Crippen LogP contribution in [0.15, 0.2) is 78.9 Å². The topological polar surface area (TPSA) is 67.9 Å². The summed E-state index contributed by atoms with van der Waals surface area (Å²) in [6.45, 7) is 2.39. The van der Waals surface area contributed by atoms with Gasteiger partial charge in [-0.2, -0.15) is 0 Å². The largest absolute Gasteiger partial charge is 0.496 e. The summed E-state index contributed by atoms with van der Waals surface area (Å²) < 4.78 is 11.2. The quantitative estimate of drug-likeness (QED) is 0.460. The van der Waals surface area contributed by atoms with E-state index in [0.29, 0.717) is 23.4 Å². The van der Waals surface area contributed by atoms with Gasteiger partial charge in [-0.15, -0.1) is 0 Å². The molecule has 6 heteroatoms. The third kappa shape index (κ3) is 5.83. The lowest BCUT2D eigenvalue weighted by atomic mass is 10.0. The van der Waals surface area contributed by atoms with Gasteiger partial charge in [0.2, 0.25) is 0 Å². The minimum absolute atomic E-state index is 0.0470. The number of hydrogen-bond donors (Lipinski definition) is 1. The number of para-hydroxylation sites is 1. The Balaban J connectivity index is 1.32. The molecule has 0 bridgehead atoms. The molecule has 0 aromatic heterocycles. The fourth-order valence-electron chi connectivity index (χ4n) is 4.30. The normalized spacial score (nSPS) is 14.4. The minimum atomic E-state index is -0.191. The molecule has 1 aliphatic heterocycles. The predicted octanol–water partition coefficient (Wildman–Crippen LogP) is 4.26. The number of carbonyl (C=O) groups excluding carboxylic acids is 2. The van der Waals surface area contributed by atoms with Crippen molar-refractivity contribution < 1.29 is 19.1 Å². The van der Waals surface area contributed by atoms with Crippen LogP contribution in [0.25, 0.3) is 0 Å². The highest BCUT2D eigenvalue weighted by Gasteiger charge is 2.26. The monoisotopic (exact) mass is 458 g/mol. The second-order valence-electron chi connectivity index (χ2n) is 8.31. The van der Waals surface area contributed by atoms with E-state index in [1.54, 1.807) is 43.5 Å². The molecule has 1 N–H and O–H groups in total. The van der Waals surface area contributed by atoms with E-state index >= 15 is 0 Å². The fourth-order valence-corrected chi connectivity index (χ4v) is 4.30. The molecule has 1 atom stereocenters. The van der Waals surface area contributed by atoms with Gasteiger partial charge in [-0.25, -0.2) is 0 Å². The number of carbonyl (C=O) groups is 2. The Kier molecular flexibility index (Phi) is 7.94. The molecule has 0 saturated carbocycles. The number of hydrogen-bond acceptors (Lipinski definition) is 5. The zero-order valence-electron chi connectivity index (χ0n) is 19.4. The molecule has 1 aliphatic rings. The van der Waals surface area contributed by atoms with Gasteiger partial charge in [0.05, 0.1) is 13.2 Å². The van der Waals surface area contributed by atoms with Crippen LogP contribution >= 0.6 is 0 Å². The maximum atomic E-state index is 12.5. The van der Waals surface area contributed by atoms with Crippen molar-refractivity contribution in [3.63, 3.8) is 0 Å². The van der Waals surface area contributed by atoms with Crippen LogP contribution in [0.4, 0.5) is 0 Å². The van der Waals surface area contributed by atoms with Gasteiger partial charge in [0, 0.05) is 23.2 Å². The number of likely N-dealkylation sites (tertiary alicyclic amines) is 1. The van der Waals surface area contributed by atoms with E-state index in [1.807, 2.05) is 36.4 Å². The van der Waals surface area contributed by atoms with Crippen LogP contribution in [0.5, 0.6) is 11.5 Å². The Morgan fingerprint density at radius 3 is 2.24 bits per heavy atom. The van der Waals surface area contributed by atoms with E-state index in [2.05, 4.69) is 16.3 Å². The summed E-state index contributed by atoms with van der Waals surface area (Å²) in [6.07, 6.45) is 2.32. The van der Waals surface area contributed by atoms with Crippen molar-refractivity contribution in [3.8, 4) is 11.5 Å². The van der Waals surface area contributed by atoms with Gasteiger partial charge in [0.25, 0.3) is 5.91 Å². The van der Waals surface area contributed by atoms with Crippen molar-refractivity contribution in [1.29, 1.82) is 0 Å². The van der Waals surface area contributed by atoms with Gasteiger partial charge in [-0.3, -0.25) is 14.5 Å². The van der Waals surface area contributed by atoms with E-state index < -0.39 is 0 Å². The molecule has 1 saturated heterocycles. The van der Waals surface area contributed by atoms with Gasteiger partial charge < -0.3 is 14.8 Å². The van der Waals surface area contributed by atoms with Crippen molar-refractivity contribution in [3.05, 3.63) is 95.6 Å². The maximum Gasteiger partial charge on any atom is 0.258 e. The first-order valence-electron chi connectivity index (χ1n) is 11.6. The Bertz CT molecular complexity index is 1090. The van der Waals surface area contributed by atoms with E-state index in [1.165, 1.54) is 0 Å². The van der Waals surface area contributed by atoms with Gasteiger partial charge in [0.15, 0.2) is 12.4 Å². The molecule has 6 nitrogen and oxygen atoms in total. The van der Waals surface area contributed by atoms with Crippen molar-refractivity contribution >= 4 is 11.7 Å². The zero-order valence-corrected chi connectivity index (χ0v) is 19.4. The number of methoxy groups -OCH3 is 1. The van der Waals surface area contributed by atoms with E-state index in [4.69, 9.17) is 9.47 Å². The molecule has 1 unspecified atom stereocenters. The van der Waals surface area contributed by atoms with E-state index in [9.17, 15) is 9.59 Å². The Morgan fingerprint density at radius 2 is 1.53 bits per heavy atom. The standard InChI is InChI=1S/C28H30N2O4/c1-33-26-12-6-5-11-24(26)25(30-17-7-8-18-30)19-29-27(31)20-34-23-15-13-22(14-16-23)28(32)21-9-3-2-4-10-21/h2-6,9-16,25H,7-8,17-20H2,1H3,(H,29,31). The van der Waals surface area contributed by atoms with Crippen molar-refractivity contribution in [2.45, 2.75) is 18.9 Å². The summed E-state index contributed by atoms with van der Waals surface area (Å²) in [6, 6.07) is 24.0. The number of ketones is 1. The molecule has 0 radical (unpaired) electrons. The van der Waals surface area contributed by atoms with Crippen molar-refractivity contribution in [1.82, 2.24) is 10.2 Å². The summed E-state index contributed by atoms with van der Waals surface area (Å²) in [5, 5.41) is 3.02. The first-order chi connectivity index (χ1) is 16.7. The molecule has 1 amide bonds. The summed E-state index contributed by atoms with van der Waals surface area (Å²) in [5.74, 6) is 1.13. The van der Waals surface area contributed by atoms with Crippen LogP contribution in [0.2, 0.25) is 0 Å². The summed E-state index contributed by atoms with van der Waals surface area (Å²) >= 11 is 0. The van der Waals surface area contributed by atoms with Crippen LogP contribution in [0.1, 0.15) is 40.4 Å². The molecule has 4 rings (SSSR count). The molecule has 176 valence electrons. The summed E-state index contributed by atoms with van der Waals surface area (Å²) in [7, 11) is 1.67. The van der Waals surface area contributed by atoms with Crippen LogP contribution in [0.3, 0.4) is 0 Å². The average molecular weight is 459 g/mol. The predicted molar refractivity (Wildman–Crippen MR) is 131 cm³/mol. The number of benzene rings is 3. The van der Waals surface area contributed by atoms with Gasteiger partial charge in [-0.1, -0.05) is 48.5 Å². The van der Waals surface area contributed by atoms with Gasteiger partial charge in [0.1, 0.15) is 11.5 Å². The highest BCUT2D eigenvalue weighted by molar-refractivity contribution is 6.08. The van der Waals surface area contributed by atoms with E-state index in [0.717, 1.165) is 37.2 Å². The molecular weight excluding hydrogens is 428 g/mol. The first-order valence-corrected chi connectivity index (χ1v) is 11.6. The lowest BCUT2D eigenvalue weighted by Crippen LogP contribution is -2.38. The third-order valence-corrected chi connectivity index (χ3v) is 6.09. The van der Waals surface area contributed by atoms with Crippen LogP contribution < -0.4 is 14.8 Å². The SMILES string of the molecule is COc1ccccc1C(CNC(=O)COc1ccc(C(=O)c2ccccc2)cc1)N1CCCC1. The second-order valence-corrected chi connectivity index (χ2v) is 8.31. The van der Waals surface area contributed by atoms with Crippen LogP contribution in [-0.4, -0.2) is 49.9 Å². The van der Waals surface area contributed by atoms with Crippen molar-refractivity contribution in [2.24, 2.45) is 0 Å². The smallest absolute Gasteiger partial charge is 0.258 e. The molecule has 34 heavy (non-hydrogen) atoms. The number of rotatable bonds is 10. The number of nitrogens with one attached hydrogen (secondary N) is 1. The zero-order chi connectivity index (χ0) is 23.8. The molecule has 1 fully saturated rings. The third-order valence-electron chi connectivity index (χ3n) is 6.09. The highest BCUT2D eigenvalue weighted by Crippen LogP contribution is 2.31. The maximum absolute atomic E-state index is 12.5. The summed E-state index contributed by atoms with van der Waals surface area (Å²) in [5.41, 5.74) is 2.29. The van der Waals surface area contributed by atoms with E-state index in [-0.39, 0.29) is 24.3 Å². The van der Waals surface area contributed by atoms with Crippen LogP contribution in [-0.2, 0) is 4.79 Å². The Labute approximate surface area is 200 Å². The first kappa shape index (κ1) is 23.5. The van der Waals surface area contributed by atoms with Gasteiger partial charge in [-0.05, 0) is 56.3 Å². The molecule has 1 heterocycles. The minimum Gasteiger partial charge on any atom is -0.496 e. The molecular formula is C28H30N2O4. The van der Waals surface area contributed by atoms with Crippen molar-refractivity contribution in [2.75, 3.05) is 33.4 Å². The molecule has 0 spiro atoms. The van der Waals surface area contributed by atoms with Crippen LogP contribution in [0, 0.1) is 0 Å². The molecule has 0 aliphatic carbocycles. The number of amides is 1. The number of nitrogens with zero attached hydrogens (tertiary/aromatic N) is 1. The molecule has 3 aromatic carbocycles. The fraction of sp³-hybridized carbons (Fsp3) is 0.286.